The summed E-state index contributed by atoms with van der Waals surface area (Å²) in [4.78, 5) is 23.5. The number of rotatable bonds is 6. The van der Waals surface area contributed by atoms with Crippen molar-refractivity contribution in [2.24, 2.45) is 5.10 Å². The largest absolute Gasteiger partial charge is 0.494 e. The van der Waals surface area contributed by atoms with Crippen LogP contribution in [0.2, 0.25) is 0 Å². The Kier molecular flexibility index (Phi) is 6.71. The van der Waals surface area contributed by atoms with Gasteiger partial charge in [-0.2, -0.15) is 5.10 Å². The third-order valence-corrected chi connectivity index (χ3v) is 3.33. The first-order valence-corrected chi connectivity index (χ1v) is 7.98. The standard InChI is InChI=1S/C19H21N3O3/c1-3-25-17-6-4-5-16(11-17)13-21-22-19(24)18(23)20-12-15-9-7-14(2)8-10-15/h4-11,13H,3,12H2,1-2H3,(H,20,23)(H,22,24)/b21-13-. The Morgan fingerprint density at radius 3 is 2.60 bits per heavy atom. The lowest BCUT2D eigenvalue weighted by molar-refractivity contribution is -0.139. The van der Waals surface area contributed by atoms with Gasteiger partial charge < -0.3 is 10.1 Å². The molecule has 25 heavy (non-hydrogen) atoms. The average molecular weight is 339 g/mol. The minimum absolute atomic E-state index is 0.284. The van der Waals surface area contributed by atoms with Crippen LogP contribution in [-0.4, -0.2) is 24.6 Å². The van der Waals surface area contributed by atoms with Gasteiger partial charge >= 0.3 is 11.8 Å². The molecule has 0 radical (unpaired) electrons. The molecular formula is C19H21N3O3. The molecule has 0 heterocycles. The molecule has 0 saturated carbocycles. The molecule has 0 aromatic heterocycles. The molecule has 0 saturated heterocycles. The van der Waals surface area contributed by atoms with Crippen molar-refractivity contribution in [3.05, 3.63) is 65.2 Å². The van der Waals surface area contributed by atoms with Gasteiger partial charge in [0.25, 0.3) is 0 Å². The van der Waals surface area contributed by atoms with Crippen LogP contribution in [0.3, 0.4) is 0 Å². The molecule has 2 aromatic rings. The number of carbonyl (C=O) groups excluding carboxylic acids is 2. The summed E-state index contributed by atoms with van der Waals surface area (Å²) < 4.78 is 5.38. The maximum atomic E-state index is 11.7. The van der Waals surface area contributed by atoms with Gasteiger partial charge in [-0.15, -0.1) is 0 Å². The van der Waals surface area contributed by atoms with Crippen LogP contribution in [0.25, 0.3) is 0 Å². The van der Waals surface area contributed by atoms with Crippen LogP contribution in [-0.2, 0) is 16.1 Å². The Hall–Kier alpha value is -3.15. The number of hydrogen-bond donors (Lipinski definition) is 2. The first-order valence-electron chi connectivity index (χ1n) is 7.98. The lowest BCUT2D eigenvalue weighted by Crippen LogP contribution is -2.37. The molecule has 2 amide bonds. The highest BCUT2D eigenvalue weighted by Crippen LogP contribution is 2.11. The zero-order valence-electron chi connectivity index (χ0n) is 14.3. The van der Waals surface area contributed by atoms with E-state index in [4.69, 9.17) is 4.74 Å². The Balaban J connectivity index is 1.81. The minimum Gasteiger partial charge on any atom is -0.494 e. The Morgan fingerprint density at radius 1 is 1.12 bits per heavy atom. The smallest absolute Gasteiger partial charge is 0.329 e. The van der Waals surface area contributed by atoms with Crippen molar-refractivity contribution in [1.29, 1.82) is 0 Å². The summed E-state index contributed by atoms with van der Waals surface area (Å²) in [7, 11) is 0. The second kappa shape index (κ2) is 9.22. The van der Waals surface area contributed by atoms with Gasteiger partial charge in [-0.05, 0) is 37.1 Å². The van der Waals surface area contributed by atoms with Crippen LogP contribution >= 0.6 is 0 Å². The molecule has 2 rings (SSSR count). The van der Waals surface area contributed by atoms with Gasteiger partial charge in [-0.3, -0.25) is 9.59 Å². The Morgan fingerprint density at radius 2 is 1.88 bits per heavy atom. The van der Waals surface area contributed by atoms with Crippen LogP contribution in [0.1, 0.15) is 23.6 Å². The third kappa shape index (κ3) is 6.10. The van der Waals surface area contributed by atoms with Crippen molar-refractivity contribution >= 4 is 18.0 Å². The van der Waals surface area contributed by atoms with Crippen molar-refractivity contribution in [3.63, 3.8) is 0 Å². The van der Waals surface area contributed by atoms with Crippen molar-refractivity contribution < 1.29 is 14.3 Å². The second-order valence-electron chi connectivity index (χ2n) is 5.37. The van der Waals surface area contributed by atoms with E-state index in [2.05, 4.69) is 15.8 Å². The Bertz CT molecular complexity index is 755. The maximum absolute atomic E-state index is 11.7. The molecule has 0 spiro atoms. The summed E-state index contributed by atoms with van der Waals surface area (Å²) in [5.41, 5.74) is 5.02. The number of benzene rings is 2. The van der Waals surface area contributed by atoms with E-state index in [1.165, 1.54) is 6.21 Å². The fourth-order valence-corrected chi connectivity index (χ4v) is 2.04. The molecule has 0 aliphatic rings. The summed E-state index contributed by atoms with van der Waals surface area (Å²) in [6.45, 7) is 4.74. The van der Waals surface area contributed by atoms with E-state index in [-0.39, 0.29) is 6.54 Å². The highest BCUT2D eigenvalue weighted by atomic mass is 16.5. The van der Waals surface area contributed by atoms with Gasteiger partial charge in [0.15, 0.2) is 0 Å². The number of hydrazone groups is 1. The first-order chi connectivity index (χ1) is 12.1. The molecule has 2 N–H and O–H groups in total. The zero-order valence-corrected chi connectivity index (χ0v) is 14.3. The normalized spacial score (nSPS) is 10.5. The monoisotopic (exact) mass is 339 g/mol. The van der Waals surface area contributed by atoms with E-state index < -0.39 is 11.8 Å². The molecule has 6 nitrogen and oxygen atoms in total. The number of ether oxygens (including phenoxy) is 1. The minimum atomic E-state index is -0.815. The van der Waals surface area contributed by atoms with E-state index in [0.29, 0.717) is 12.4 Å². The summed E-state index contributed by atoms with van der Waals surface area (Å²) in [6, 6.07) is 14.9. The van der Waals surface area contributed by atoms with E-state index >= 15 is 0 Å². The van der Waals surface area contributed by atoms with Crippen molar-refractivity contribution in [3.8, 4) is 5.75 Å². The SMILES string of the molecule is CCOc1cccc(/C=N\NC(=O)C(=O)NCc2ccc(C)cc2)c1. The number of aryl methyl sites for hydroxylation is 1. The fraction of sp³-hybridized carbons (Fsp3) is 0.211. The second-order valence-corrected chi connectivity index (χ2v) is 5.37. The van der Waals surface area contributed by atoms with Crippen LogP contribution in [0.15, 0.2) is 53.6 Å². The summed E-state index contributed by atoms with van der Waals surface area (Å²) >= 11 is 0. The summed E-state index contributed by atoms with van der Waals surface area (Å²) in [5.74, 6) is -0.835. The molecule has 0 aliphatic carbocycles. The van der Waals surface area contributed by atoms with Gasteiger partial charge in [0.1, 0.15) is 5.75 Å². The zero-order chi connectivity index (χ0) is 18.1. The summed E-state index contributed by atoms with van der Waals surface area (Å²) in [5, 5.41) is 6.34. The molecule has 0 aliphatic heterocycles. The van der Waals surface area contributed by atoms with Gasteiger partial charge in [0.2, 0.25) is 0 Å². The van der Waals surface area contributed by atoms with E-state index in [1.807, 2.05) is 56.3 Å². The van der Waals surface area contributed by atoms with Gasteiger partial charge in [0.05, 0.1) is 12.8 Å². The van der Waals surface area contributed by atoms with Crippen LogP contribution < -0.4 is 15.5 Å². The van der Waals surface area contributed by atoms with E-state index in [0.717, 1.165) is 16.7 Å². The molecule has 0 fully saturated rings. The number of hydrogen-bond acceptors (Lipinski definition) is 4. The molecular weight excluding hydrogens is 318 g/mol. The molecule has 130 valence electrons. The lowest BCUT2D eigenvalue weighted by atomic mass is 10.1. The molecule has 6 heteroatoms. The van der Waals surface area contributed by atoms with Crippen molar-refractivity contribution in [2.75, 3.05) is 6.61 Å². The molecule has 0 atom stereocenters. The summed E-state index contributed by atoms with van der Waals surface area (Å²) in [6.07, 6.45) is 1.45. The van der Waals surface area contributed by atoms with Crippen molar-refractivity contribution in [2.45, 2.75) is 20.4 Å². The van der Waals surface area contributed by atoms with Crippen molar-refractivity contribution in [1.82, 2.24) is 10.7 Å². The average Bonchev–Trinajstić information content (AvgIpc) is 2.61. The highest BCUT2D eigenvalue weighted by molar-refractivity contribution is 6.35. The van der Waals surface area contributed by atoms with Crippen LogP contribution in [0.4, 0.5) is 0 Å². The molecule has 2 aromatic carbocycles. The maximum Gasteiger partial charge on any atom is 0.329 e. The number of nitrogens with zero attached hydrogens (tertiary/aromatic N) is 1. The Labute approximate surface area is 146 Å². The van der Waals surface area contributed by atoms with E-state index in [9.17, 15) is 9.59 Å². The van der Waals surface area contributed by atoms with Crippen LogP contribution in [0.5, 0.6) is 5.75 Å². The number of carbonyl (C=O) groups is 2. The predicted molar refractivity (Wildman–Crippen MR) is 96.4 cm³/mol. The highest BCUT2D eigenvalue weighted by Gasteiger charge is 2.11. The predicted octanol–water partition coefficient (Wildman–Crippen LogP) is 2.16. The van der Waals surface area contributed by atoms with Gasteiger partial charge in [-0.25, -0.2) is 5.43 Å². The fourth-order valence-electron chi connectivity index (χ4n) is 2.04. The topological polar surface area (TPSA) is 79.8 Å². The third-order valence-electron chi connectivity index (χ3n) is 3.33. The van der Waals surface area contributed by atoms with Gasteiger partial charge in [-0.1, -0.05) is 42.0 Å². The molecule has 0 unspecified atom stereocenters. The lowest BCUT2D eigenvalue weighted by Gasteiger charge is -2.05. The molecule has 0 bridgehead atoms. The van der Waals surface area contributed by atoms with E-state index in [1.54, 1.807) is 6.07 Å². The number of amides is 2. The first kappa shape index (κ1) is 18.2. The van der Waals surface area contributed by atoms with Gasteiger partial charge in [0, 0.05) is 6.54 Å². The quantitative estimate of drug-likeness (QED) is 0.481. The number of nitrogens with one attached hydrogen (secondary N) is 2. The van der Waals surface area contributed by atoms with Crippen LogP contribution in [0, 0.1) is 6.92 Å².